The summed E-state index contributed by atoms with van der Waals surface area (Å²) in [6.45, 7) is 4.31. The first-order valence-corrected chi connectivity index (χ1v) is 6.22. The number of aryl methyl sites for hydroxylation is 2. The summed E-state index contributed by atoms with van der Waals surface area (Å²) in [6, 6.07) is 13.4. The zero-order valence-electron chi connectivity index (χ0n) is 11.1. The highest BCUT2D eigenvalue weighted by Crippen LogP contribution is 2.22. The van der Waals surface area contributed by atoms with E-state index in [1.54, 1.807) is 12.1 Å². The molecule has 0 saturated heterocycles. The molecular weight excluding hydrogens is 239 g/mol. The Bertz CT molecular complexity index is 530. The van der Waals surface area contributed by atoms with Gasteiger partial charge in [0.1, 0.15) is 12.4 Å². The largest absolute Gasteiger partial charge is 0.488 e. The first kappa shape index (κ1) is 13.7. The second-order valence-electron chi connectivity index (χ2n) is 4.63. The molecule has 0 aliphatic carbocycles. The smallest absolute Gasteiger partial charge is 0.488 e. The fraction of sp³-hybridized carbons (Fsp3) is 0.200. The van der Waals surface area contributed by atoms with E-state index in [1.165, 1.54) is 0 Å². The molecular formula is C15H17BO3. The Kier molecular flexibility index (Phi) is 4.25. The van der Waals surface area contributed by atoms with Crippen LogP contribution in [0.5, 0.6) is 5.75 Å². The van der Waals surface area contributed by atoms with Crippen LogP contribution in [0.1, 0.15) is 16.7 Å². The number of ether oxygens (including phenoxy) is 1. The van der Waals surface area contributed by atoms with Gasteiger partial charge >= 0.3 is 7.12 Å². The van der Waals surface area contributed by atoms with Gasteiger partial charge in [0.2, 0.25) is 0 Å². The van der Waals surface area contributed by atoms with Crippen LogP contribution in [0, 0.1) is 13.8 Å². The molecule has 0 fully saturated rings. The maximum absolute atomic E-state index is 9.19. The van der Waals surface area contributed by atoms with Gasteiger partial charge in [-0.05, 0) is 36.0 Å². The summed E-state index contributed by atoms with van der Waals surface area (Å²) in [6.07, 6.45) is 0. The molecule has 19 heavy (non-hydrogen) atoms. The minimum atomic E-state index is -1.44. The molecule has 0 spiro atoms. The summed E-state index contributed by atoms with van der Waals surface area (Å²) >= 11 is 0. The van der Waals surface area contributed by atoms with Crippen LogP contribution in [0.2, 0.25) is 0 Å². The summed E-state index contributed by atoms with van der Waals surface area (Å²) in [7, 11) is -1.44. The van der Waals surface area contributed by atoms with Gasteiger partial charge in [-0.2, -0.15) is 0 Å². The van der Waals surface area contributed by atoms with Gasteiger partial charge in [-0.3, -0.25) is 0 Å². The van der Waals surface area contributed by atoms with Crippen LogP contribution in [0.15, 0.2) is 42.5 Å². The molecule has 0 unspecified atom stereocenters. The lowest BCUT2D eigenvalue weighted by molar-refractivity contribution is 0.302. The molecule has 0 heterocycles. The van der Waals surface area contributed by atoms with Crippen LogP contribution in [0.3, 0.4) is 0 Å². The van der Waals surface area contributed by atoms with E-state index < -0.39 is 7.12 Å². The second-order valence-corrected chi connectivity index (χ2v) is 4.63. The van der Waals surface area contributed by atoms with Crippen molar-refractivity contribution in [3.8, 4) is 5.75 Å². The Morgan fingerprint density at radius 3 is 2.11 bits per heavy atom. The molecule has 98 valence electrons. The molecule has 2 N–H and O–H groups in total. The molecule has 4 heteroatoms. The summed E-state index contributed by atoms with van der Waals surface area (Å²) in [5, 5.41) is 18.4. The maximum Gasteiger partial charge on any atom is 0.488 e. The Morgan fingerprint density at radius 1 is 1.00 bits per heavy atom. The quantitative estimate of drug-likeness (QED) is 0.816. The van der Waals surface area contributed by atoms with Gasteiger partial charge in [-0.25, -0.2) is 0 Å². The van der Waals surface area contributed by atoms with Crippen molar-refractivity contribution in [1.82, 2.24) is 0 Å². The van der Waals surface area contributed by atoms with Crippen LogP contribution in [0.25, 0.3) is 0 Å². The van der Waals surface area contributed by atoms with Crippen LogP contribution in [0.4, 0.5) is 0 Å². The van der Waals surface area contributed by atoms with Crippen LogP contribution in [-0.4, -0.2) is 17.2 Å². The Labute approximate surface area is 113 Å². The van der Waals surface area contributed by atoms with E-state index in [0.29, 0.717) is 12.1 Å². The summed E-state index contributed by atoms with van der Waals surface area (Å²) in [5.74, 6) is 0.799. The molecule has 0 aliphatic rings. The van der Waals surface area contributed by atoms with E-state index in [1.807, 2.05) is 44.2 Å². The van der Waals surface area contributed by atoms with Crippen molar-refractivity contribution in [2.45, 2.75) is 20.5 Å². The van der Waals surface area contributed by atoms with Crippen molar-refractivity contribution in [3.05, 3.63) is 59.2 Å². The standard InChI is InChI=1S/C15H17BO3/c1-11-8-14(16(17)18)9-12(2)15(11)19-10-13-6-4-3-5-7-13/h3-9,17-18H,10H2,1-2H3. The van der Waals surface area contributed by atoms with Gasteiger partial charge in [0.05, 0.1) is 0 Å². The molecule has 0 saturated carbocycles. The number of hydrogen-bond acceptors (Lipinski definition) is 3. The number of rotatable bonds is 4. The summed E-state index contributed by atoms with van der Waals surface area (Å²) < 4.78 is 5.83. The monoisotopic (exact) mass is 256 g/mol. The molecule has 0 amide bonds. The normalized spacial score (nSPS) is 10.3. The predicted molar refractivity (Wildman–Crippen MR) is 76.5 cm³/mol. The zero-order chi connectivity index (χ0) is 13.8. The molecule has 0 radical (unpaired) electrons. The zero-order valence-corrected chi connectivity index (χ0v) is 11.1. The minimum absolute atomic E-state index is 0.488. The van der Waals surface area contributed by atoms with E-state index in [-0.39, 0.29) is 0 Å². The van der Waals surface area contributed by atoms with Crippen molar-refractivity contribution in [1.29, 1.82) is 0 Å². The Morgan fingerprint density at radius 2 is 1.58 bits per heavy atom. The van der Waals surface area contributed by atoms with Gasteiger partial charge in [0.15, 0.2) is 0 Å². The molecule has 0 aromatic heterocycles. The summed E-state index contributed by atoms with van der Waals surface area (Å²) in [4.78, 5) is 0. The van der Waals surface area contributed by atoms with Crippen molar-refractivity contribution < 1.29 is 14.8 Å². The third kappa shape index (κ3) is 3.37. The topological polar surface area (TPSA) is 49.7 Å². The lowest BCUT2D eigenvalue weighted by Crippen LogP contribution is -2.30. The van der Waals surface area contributed by atoms with E-state index >= 15 is 0 Å². The molecule has 0 aliphatic heterocycles. The lowest BCUT2D eigenvalue weighted by atomic mass is 9.78. The van der Waals surface area contributed by atoms with E-state index in [4.69, 9.17) is 4.74 Å². The summed E-state index contributed by atoms with van der Waals surface area (Å²) in [5.41, 5.74) is 3.40. The van der Waals surface area contributed by atoms with Gasteiger partial charge in [0.25, 0.3) is 0 Å². The highest BCUT2D eigenvalue weighted by atomic mass is 16.5. The van der Waals surface area contributed by atoms with Crippen LogP contribution < -0.4 is 10.2 Å². The van der Waals surface area contributed by atoms with Gasteiger partial charge < -0.3 is 14.8 Å². The third-order valence-electron chi connectivity index (χ3n) is 3.01. The first-order chi connectivity index (χ1) is 9.08. The molecule has 2 rings (SSSR count). The first-order valence-electron chi connectivity index (χ1n) is 6.22. The van der Waals surface area contributed by atoms with E-state index in [9.17, 15) is 10.0 Å². The van der Waals surface area contributed by atoms with Gasteiger partial charge in [0, 0.05) is 0 Å². The Hall–Kier alpha value is -1.78. The lowest BCUT2D eigenvalue weighted by Gasteiger charge is -2.14. The van der Waals surface area contributed by atoms with E-state index in [2.05, 4.69) is 0 Å². The van der Waals surface area contributed by atoms with Gasteiger partial charge in [-0.1, -0.05) is 42.5 Å². The molecule has 0 atom stereocenters. The SMILES string of the molecule is Cc1cc(B(O)O)cc(C)c1OCc1ccccc1. The highest BCUT2D eigenvalue weighted by Gasteiger charge is 2.14. The number of benzene rings is 2. The van der Waals surface area contributed by atoms with Crippen LogP contribution in [-0.2, 0) is 6.61 Å². The van der Waals surface area contributed by atoms with Gasteiger partial charge in [-0.15, -0.1) is 0 Å². The average molecular weight is 256 g/mol. The van der Waals surface area contributed by atoms with Crippen molar-refractivity contribution in [2.24, 2.45) is 0 Å². The molecule has 0 bridgehead atoms. The molecule has 2 aromatic carbocycles. The predicted octanol–water partition coefficient (Wildman–Crippen LogP) is 1.56. The van der Waals surface area contributed by atoms with Crippen molar-refractivity contribution >= 4 is 12.6 Å². The highest BCUT2D eigenvalue weighted by molar-refractivity contribution is 6.58. The molecule has 3 nitrogen and oxygen atoms in total. The van der Waals surface area contributed by atoms with Crippen molar-refractivity contribution in [3.63, 3.8) is 0 Å². The van der Waals surface area contributed by atoms with Crippen molar-refractivity contribution in [2.75, 3.05) is 0 Å². The van der Waals surface area contributed by atoms with Crippen LogP contribution >= 0.6 is 0 Å². The second kappa shape index (κ2) is 5.91. The fourth-order valence-electron chi connectivity index (χ4n) is 2.09. The maximum atomic E-state index is 9.19. The molecule has 2 aromatic rings. The Balaban J connectivity index is 2.17. The fourth-order valence-corrected chi connectivity index (χ4v) is 2.09. The van der Waals surface area contributed by atoms with E-state index in [0.717, 1.165) is 22.4 Å². The average Bonchev–Trinajstić information content (AvgIpc) is 2.38. The number of hydrogen-bond donors (Lipinski definition) is 2. The minimum Gasteiger partial charge on any atom is -0.488 e. The third-order valence-corrected chi connectivity index (χ3v) is 3.01.